The largest absolute Gasteiger partial charge is 0.457 e. The summed E-state index contributed by atoms with van der Waals surface area (Å²) in [7, 11) is 1.61. The number of carbonyl (C=O) groups is 1. The van der Waals surface area contributed by atoms with Crippen LogP contribution < -0.4 is 0 Å². The highest BCUT2D eigenvalue weighted by Crippen LogP contribution is 2.46. The molecule has 0 bridgehead atoms. The summed E-state index contributed by atoms with van der Waals surface area (Å²) in [5.74, 6) is -1.95. The van der Waals surface area contributed by atoms with Crippen LogP contribution in [-0.2, 0) is 33.2 Å². The molecule has 0 aromatic carbocycles. The molecule has 1 aliphatic carbocycles. The fourth-order valence-corrected chi connectivity index (χ4v) is 3.62. The molecule has 7 nitrogen and oxygen atoms in total. The Bertz CT molecular complexity index is 429. The summed E-state index contributed by atoms with van der Waals surface area (Å²) in [4.78, 5) is 11.5. The van der Waals surface area contributed by atoms with Crippen molar-refractivity contribution in [3.8, 4) is 0 Å². The smallest absolute Gasteiger partial charge is 0.303 e. The van der Waals surface area contributed by atoms with Gasteiger partial charge < -0.3 is 28.4 Å². The molecule has 0 amide bonds. The summed E-state index contributed by atoms with van der Waals surface area (Å²) in [5, 5.41) is 0. The van der Waals surface area contributed by atoms with Gasteiger partial charge in [-0.25, -0.2) is 0 Å². The number of rotatable bonds is 2. The lowest BCUT2D eigenvalue weighted by molar-refractivity contribution is -0.194. The zero-order valence-electron chi connectivity index (χ0n) is 13.8. The number of carbonyl (C=O) groups excluding carboxylic acids is 1. The molecule has 22 heavy (non-hydrogen) atoms. The van der Waals surface area contributed by atoms with E-state index in [4.69, 9.17) is 28.4 Å². The maximum atomic E-state index is 11.5. The van der Waals surface area contributed by atoms with E-state index in [1.807, 2.05) is 27.7 Å². The van der Waals surface area contributed by atoms with Gasteiger partial charge in [-0.15, -0.1) is 0 Å². The molecule has 6 atom stereocenters. The Morgan fingerprint density at radius 1 is 0.818 bits per heavy atom. The van der Waals surface area contributed by atoms with E-state index in [-0.39, 0.29) is 24.3 Å². The van der Waals surface area contributed by atoms with Crippen molar-refractivity contribution in [1.29, 1.82) is 0 Å². The topological polar surface area (TPSA) is 72.5 Å². The summed E-state index contributed by atoms with van der Waals surface area (Å²) in [6, 6.07) is 0. The molecule has 0 N–H and O–H groups in total. The van der Waals surface area contributed by atoms with Gasteiger partial charge in [-0.3, -0.25) is 4.79 Å². The van der Waals surface area contributed by atoms with Gasteiger partial charge in [-0.1, -0.05) is 0 Å². The summed E-state index contributed by atoms with van der Waals surface area (Å²) in [6.07, 6.45) is -2.63. The second-order valence-corrected chi connectivity index (χ2v) is 6.90. The zero-order chi connectivity index (χ0) is 16.3. The number of fused-ring (bicyclic) bond motifs is 2. The van der Waals surface area contributed by atoms with Gasteiger partial charge in [-0.05, 0) is 27.7 Å². The Morgan fingerprint density at radius 3 is 1.50 bits per heavy atom. The van der Waals surface area contributed by atoms with Crippen molar-refractivity contribution in [2.24, 2.45) is 0 Å². The molecule has 0 aromatic heterocycles. The first-order valence-electron chi connectivity index (χ1n) is 7.55. The minimum Gasteiger partial charge on any atom is -0.457 e. The van der Waals surface area contributed by atoms with Crippen molar-refractivity contribution in [2.75, 3.05) is 7.11 Å². The molecule has 2 saturated heterocycles. The van der Waals surface area contributed by atoms with Crippen LogP contribution in [0.1, 0.15) is 34.6 Å². The van der Waals surface area contributed by atoms with E-state index in [2.05, 4.69) is 0 Å². The van der Waals surface area contributed by atoms with Crippen molar-refractivity contribution < 1.29 is 33.2 Å². The number of esters is 1. The molecule has 7 heteroatoms. The fraction of sp³-hybridized carbons (Fsp3) is 0.933. The Labute approximate surface area is 130 Å². The highest BCUT2D eigenvalue weighted by molar-refractivity contribution is 5.66. The molecule has 2 unspecified atom stereocenters. The third-order valence-electron chi connectivity index (χ3n) is 4.20. The van der Waals surface area contributed by atoms with Gasteiger partial charge in [0.05, 0.1) is 0 Å². The third kappa shape index (κ3) is 2.65. The van der Waals surface area contributed by atoms with Crippen LogP contribution in [0.3, 0.4) is 0 Å². The van der Waals surface area contributed by atoms with Crippen LogP contribution in [0.5, 0.6) is 0 Å². The van der Waals surface area contributed by atoms with E-state index < -0.39 is 29.9 Å². The molecule has 1 saturated carbocycles. The summed E-state index contributed by atoms with van der Waals surface area (Å²) < 4.78 is 35.0. The van der Waals surface area contributed by atoms with Crippen molar-refractivity contribution in [1.82, 2.24) is 0 Å². The first-order chi connectivity index (χ1) is 10.1. The number of methoxy groups -OCH3 is 1. The predicted molar refractivity (Wildman–Crippen MR) is 74.0 cm³/mol. The summed E-state index contributed by atoms with van der Waals surface area (Å²) in [6.45, 7) is 8.66. The molecular formula is C15H24O7. The molecule has 3 aliphatic rings. The standard InChI is InChI=1S/C15H24O7/c1-7(16)18-9-12-10(19-14(2,3)21-12)8(17-6)11-13(9)22-15(4,5)20-11/h8-13H,1-6H3/t8?,9?,10-,11-,12-,13+/m1/s1. The van der Waals surface area contributed by atoms with E-state index in [1.54, 1.807) is 7.11 Å². The first kappa shape index (κ1) is 16.1. The third-order valence-corrected chi connectivity index (χ3v) is 4.20. The number of hydrogen-bond donors (Lipinski definition) is 0. The maximum absolute atomic E-state index is 11.5. The molecule has 2 aliphatic heterocycles. The molecule has 0 radical (unpaired) electrons. The average Bonchev–Trinajstić information content (AvgIpc) is 2.84. The maximum Gasteiger partial charge on any atom is 0.303 e. The average molecular weight is 316 g/mol. The quantitative estimate of drug-likeness (QED) is 0.703. The van der Waals surface area contributed by atoms with Gasteiger partial charge in [0, 0.05) is 14.0 Å². The van der Waals surface area contributed by atoms with E-state index in [0.29, 0.717) is 0 Å². The van der Waals surface area contributed by atoms with Crippen LogP contribution in [0.25, 0.3) is 0 Å². The zero-order valence-corrected chi connectivity index (χ0v) is 13.8. The van der Waals surface area contributed by atoms with E-state index in [1.165, 1.54) is 6.92 Å². The highest BCUT2D eigenvalue weighted by Gasteiger charge is 2.64. The lowest BCUT2D eigenvalue weighted by atomic mass is 9.84. The Morgan fingerprint density at radius 2 is 1.18 bits per heavy atom. The molecule has 0 spiro atoms. The lowest BCUT2D eigenvalue weighted by Gasteiger charge is -2.41. The van der Waals surface area contributed by atoms with Crippen molar-refractivity contribution in [3.63, 3.8) is 0 Å². The Kier molecular flexibility index (Phi) is 3.77. The number of hydrogen-bond acceptors (Lipinski definition) is 7. The van der Waals surface area contributed by atoms with Crippen LogP contribution in [0.2, 0.25) is 0 Å². The predicted octanol–water partition coefficient (Wildman–Crippen LogP) is 0.987. The summed E-state index contributed by atoms with van der Waals surface area (Å²) in [5.41, 5.74) is 0. The SMILES string of the molecule is COC1[C@H]2OC(C)(C)O[C@@H]2C(OC(C)=O)[C@@H]2OC(C)(C)O[C@H]12. The molecule has 2 heterocycles. The second kappa shape index (κ2) is 5.14. The number of ether oxygens (including phenoxy) is 6. The Balaban J connectivity index is 1.95. The molecule has 3 rings (SSSR count). The van der Waals surface area contributed by atoms with Gasteiger partial charge in [0.25, 0.3) is 0 Å². The van der Waals surface area contributed by atoms with Crippen LogP contribution in [0, 0.1) is 0 Å². The van der Waals surface area contributed by atoms with Crippen LogP contribution in [-0.4, -0.2) is 61.3 Å². The van der Waals surface area contributed by atoms with Crippen LogP contribution in [0.4, 0.5) is 0 Å². The first-order valence-corrected chi connectivity index (χ1v) is 7.55. The van der Waals surface area contributed by atoms with E-state index in [9.17, 15) is 4.79 Å². The van der Waals surface area contributed by atoms with Gasteiger partial charge in [-0.2, -0.15) is 0 Å². The van der Waals surface area contributed by atoms with Crippen molar-refractivity contribution in [2.45, 2.75) is 82.8 Å². The minimum absolute atomic E-state index is 0.356. The molecule has 126 valence electrons. The van der Waals surface area contributed by atoms with Gasteiger partial charge >= 0.3 is 5.97 Å². The van der Waals surface area contributed by atoms with Crippen LogP contribution >= 0.6 is 0 Å². The highest BCUT2D eigenvalue weighted by atomic mass is 16.8. The van der Waals surface area contributed by atoms with Crippen molar-refractivity contribution >= 4 is 5.97 Å². The van der Waals surface area contributed by atoms with Crippen LogP contribution in [0.15, 0.2) is 0 Å². The van der Waals surface area contributed by atoms with Gasteiger partial charge in [0.1, 0.15) is 30.5 Å². The molecular weight excluding hydrogens is 292 g/mol. The van der Waals surface area contributed by atoms with E-state index >= 15 is 0 Å². The fourth-order valence-electron chi connectivity index (χ4n) is 3.62. The summed E-state index contributed by atoms with van der Waals surface area (Å²) >= 11 is 0. The second-order valence-electron chi connectivity index (χ2n) is 6.90. The van der Waals surface area contributed by atoms with Gasteiger partial charge in [0.2, 0.25) is 0 Å². The van der Waals surface area contributed by atoms with Gasteiger partial charge in [0.15, 0.2) is 17.7 Å². The normalized spacial score (nSPS) is 45.2. The van der Waals surface area contributed by atoms with Crippen molar-refractivity contribution in [3.05, 3.63) is 0 Å². The Hall–Kier alpha value is -0.730. The molecule has 3 fully saturated rings. The monoisotopic (exact) mass is 316 g/mol. The lowest BCUT2D eigenvalue weighted by Crippen LogP contribution is -2.63. The minimum atomic E-state index is -0.779. The van der Waals surface area contributed by atoms with E-state index in [0.717, 1.165) is 0 Å². The molecule has 0 aromatic rings.